The van der Waals surface area contributed by atoms with Crippen LogP contribution >= 0.6 is 11.3 Å². The van der Waals surface area contributed by atoms with E-state index in [2.05, 4.69) is 4.98 Å². The molecule has 2 atom stereocenters. The van der Waals surface area contributed by atoms with E-state index in [9.17, 15) is 14.4 Å². The minimum absolute atomic E-state index is 0.210. The average molecular weight is 268 g/mol. The summed E-state index contributed by atoms with van der Waals surface area (Å²) in [6.45, 7) is 3.41. The largest absolute Gasteiger partial charge is 0.481 e. The molecule has 1 aromatic rings. The Kier molecular flexibility index (Phi) is 3.16. The van der Waals surface area contributed by atoms with Gasteiger partial charge >= 0.3 is 5.97 Å². The van der Waals surface area contributed by atoms with Crippen molar-refractivity contribution in [1.82, 2.24) is 4.98 Å². The van der Waals surface area contributed by atoms with Gasteiger partial charge in [-0.05, 0) is 0 Å². The van der Waals surface area contributed by atoms with Crippen LogP contribution in [0.2, 0.25) is 0 Å². The normalized spacial score (nSPS) is 23.8. The molecule has 2 rings (SSSR count). The van der Waals surface area contributed by atoms with Crippen LogP contribution in [0.15, 0.2) is 5.38 Å². The van der Waals surface area contributed by atoms with Gasteiger partial charge in [0.1, 0.15) is 0 Å². The van der Waals surface area contributed by atoms with Crippen LogP contribution in [0.4, 0.5) is 5.13 Å². The summed E-state index contributed by atoms with van der Waals surface area (Å²) >= 11 is 1.11. The predicted octanol–water partition coefficient (Wildman–Crippen LogP) is 0.916. The SMILES string of the molecule is CC1C(=O)N(c2nc(CC(=O)O)cs2)C(=O)C1C. The Morgan fingerprint density at radius 3 is 2.44 bits per heavy atom. The number of carbonyl (C=O) groups excluding carboxylic acids is 2. The topological polar surface area (TPSA) is 87.6 Å². The number of carboxylic acids is 1. The number of carbonyl (C=O) groups is 3. The highest BCUT2D eigenvalue weighted by Gasteiger charge is 2.44. The maximum absolute atomic E-state index is 11.9. The van der Waals surface area contributed by atoms with E-state index in [1.807, 2.05) is 0 Å². The second-order valence-electron chi connectivity index (χ2n) is 4.28. The van der Waals surface area contributed by atoms with Crippen LogP contribution in [0.5, 0.6) is 0 Å². The van der Waals surface area contributed by atoms with Gasteiger partial charge in [0.25, 0.3) is 0 Å². The van der Waals surface area contributed by atoms with E-state index in [-0.39, 0.29) is 35.2 Å². The Balaban J connectivity index is 2.27. The molecule has 0 radical (unpaired) electrons. The molecule has 0 bridgehead atoms. The molecule has 1 N–H and O–H groups in total. The molecule has 96 valence electrons. The molecule has 2 heterocycles. The van der Waals surface area contributed by atoms with Gasteiger partial charge in [0, 0.05) is 17.2 Å². The third-order valence-corrected chi connectivity index (χ3v) is 3.91. The van der Waals surface area contributed by atoms with E-state index >= 15 is 0 Å². The van der Waals surface area contributed by atoms with Gasteiger partial charge in [-0.15, -0.1) is 11.3 Å². The van der Waals surface area contributed by atoms with E-state index in [1.165, 1.54) is 0 Å². The zero-order valence-electron chi connectivity index (χ0n) is 9.91. The molecule has 0 saturated carbocycles. The van der Waals surface area contributed by atoms with Crippen molar-refractivity contribution in [3.05, 3.63) is 11.1 Å². The first kappa shape index (κ1) is 12.7. The summed E-state index contributed by atoms with van der Waals surface area (Å²) in [5.74, 6) is -2.26. The van der Waals surface area contributed by atoms with Crippen molar-refractivity contribution in [3.8, 4) is 0 Å². The summed E-state index contributed by atoms with van der Waals surface area (Å²) in [5.41, 5.74) is 0.357. The van der Waals surface area contributed by atoms with Crippen LogP contribution < -0.4 is 4.90 Å². The number of aliphatic carboxylic acids is 1. The van der Waals surface area contributed by atoms with Gasteiger partial charge in [0.05, 0.1) is 12.1 Å². The van der Waals surface area contributed by atoms with Crippen molar-refractivity contribution in [2.45, 2.75) is 20.3 Å². The molecule has 1 aromatic heterocycles. The number of rotatable bonds is 3. The summed E-state index contributed by atoms with van der Waals surface area (Å²) < 4.78 is 0. The monoisotopic (exact) mass is 268 g/mol. The predicted molar refractivity (Wildman–Crippen MR) is 64.3 cm³/mol. The minimum atomic E-state index is -0.993. The molecular weight excluding hydrogens is 256 g/mol. The Morgan fingerprint density at radius 1 is 1.39 bits per heavy atom. The third-order valence-electron chi connectivity index (χ3n) is 3.03. The first-order valence-corrected chi connectivity index (χ1v) is 6.33. The summed E-state index contributed by atoms with van der Waals surface area (Å²) in [6, 6.07) is 0. The Bertz CT molecular complexity index is 505. The highest BCUT2D eigenvalue weighted by molar-refractivity contribution is 7.14. The lowest BCUT2D eigenvalue weighted by Gasteiger charge is -2.09. The zero-order valence-corrected chi connectivity index (χ0v) is 10.7. The summed E-state index contributed by atoms with van der Waals surface area (Å²) in [5, 5.41) is 10.5. The van der Waals surface area contributed by atoms with E-state index < -0.39 is 5.97 Å². The van der Waals surface area contributed by atoms with Gasteiger partial charge in [-0.25, -0.2) is 9.88 Å². The molecule has 0 aromatic carbocycles. The van der Waals surface area contributed by atoms with Crippen molar-refractivity contribution in [2.24, 2.45) is 11.8 Å². The molecule has 2 amide bonds. The number of nitrogens with zero attached hydrogens (tertiary/aromatic N) is 2. The maximum atomic E-state index is 11.9. The molecule has 2 unspecified atom stereocenters. The van der Waals surface area contributed by atoms with Crippen molar-refractivity contribution in [1.29, 1.82) is 0 Å². The van der Waals surface area contributed by atoms with Crippen LogP contribution in [-0.2, 0) is 20.8 Å². The third kappa shape index (κ3) is 2.01. The van der Waals surface area contributed by atoms with E-state index in [0.29, 0.717) is 5.69 Å². The second-order valence-corrected chi connectivity index (χ2v) is 5.12. The van der Waals surface area contributed by atoms with Gasteiger partial charge in [-0.3, -0.25) is 14.4 Å². The van der Waals surface area contributed by atoms with Gasteiger partial charge in [0.2, 0.25) is 11.8 Å². The van der Waals surface area contributed by atoms with Crippen LogP contribution in [0, 0.1) is 11.8 Å². The van der Waals surface area contributed by atoms with Gasteiger partial charge in [-0.2, -0.15) is 0 Å². The highest BCUT2D eigenvalue weighted by atomic mass is 32.1. The summed E-state index contributed by atoms with van der Waals surface area (Å²) in [4.78, 5) is 39.5. The quantitative estimate of drug-likeness (QED) is 0.823. The lowest BCUT2D eigenvalue weighted by atomic mass is 10.00. The number of imide groups is 1. The van der Waals surface area contributed by atoms with Crippen LogP contribution in [0.3, 0.4) is 0 Å². The fraction of sp³-hybridized carbons (Fsp3) is 0.455. The molecule has 7 heteroatoms. The molecule has 1 saturated heterocycles. The van der Waals surface area contributed by atoms with Gasteiger partial charge < -0.3 is 5.11 Å². The van der Waals surface area contributed by atoms with Crippen LogP contribution in [0.1, 0.15) is 19.5 Å². The van der Waals surface area contributed by atoms with Crippen molar-refractivity contribution in [3.63, 3.8) is 0 Å². The first-order chi connectivity index (χ1) is 8.41. The highest BCUT2D eigenvalue weighted by Crippen LogP contribution is 2.32. The number of amides is 2. The van der Waals surface area contributed by atoms with Crippen LogP contribution in [0.25, 0.3) is 0 Å². The molecular formula is C11H12N2O4S. The lowest BCUT2D eigenvalue weighted by molar-refractivity contribution is -0.136. The number of thiazole rings is 1. The average Bonchev–Trinajstić information content (AvgIpc) is 2.80. The summed E-state index contributed by atoms with van der Waals surface area (Å²) in [7, 11) is 0. The molecule has 1 fully saturated rings. The number of hydrogen-bond acceptors (Lipinski definition) is 5. The van der Waals surface area contributed by atoms with E-state index in [1.54, 1.807) is 19.2 Å². The maximum Gasteiger partial charge on any atom is 0.309 e. The zero-order chi connectivity index (χ0) is 13.4. The fourth-order valence-electron chi connectivity index (χ4n) is 1.77. The molecule has 18 heavy (non-hydrogen) atoms. The van der Waals surface area contributed by atoms with E-state index in [0.717, 1.165) is 16.2 Å². The van der Waals surface area contributed by atoms with E-state index in [4.69, 9.17) is 5.11 Å². The Morgan fingerprint density at radius 2 is 1.94 bits per heavy atom. The molecule has 0 aliphatic carbocycles. The smallest absolute Gasteiger partial charge is 0.309 e. The van der Waals surface area contributed by atoms with Crippen molar-refractivity contribution in [2.75, 3.05) is 4.90 Å². The first-order valence-electron chi connectivity index (χ1n) is 5.46. The number of aromatic nitrogens is 1. The van der Waals surface area contributed by atoms with Crippen molar-refractivity contribution < 1.29 is 19.5 Å². The number of anilines is 1. The molecule has 1 aliphatic rings. The standard InChI is InChI=1S/C11H12N2O4S/c1-5-6(2)10(17)13(9(5)16)11-12-7(4-18-11)3-8(14)15/h4-6H,3H2,1-2H3,(H,14,15). The van der Waals surface area contributed by atoms with Gasteiger partial charge in [-0.1, -0.05) is 13.8 Å². The number of carboxylic acid groups (broad SMARTS) is 1. The second kappa shape index (κ2) is 4.49. The molecule has 0 spiro atoms. The van der Waals surface area contributed by atoms with Gasteiger partial charge in [0.15, 0.2) is 5.13 Å². The fourth-order valence-corrected chi connectivity index (χ4v) is 2.60. The number of hydrogen-bond donors (Lipinski definition) is 1. The van der Waals surface area contributed by atoms with Crippen molar-refractivity contribution >= 4 is 34.3 Å². The lowest BCUT2D eigenvalue weighted by Crippen LogP contribution is -2.30. The minimum Gasteiger partial charge on any atom is -0.481 e. The summed E-state index contributed by atoms with van der Waals surface area (Å²) in [6.07, 6.45) is -0.210. The Labute approximate surface area is 107 Å². The van der Waals surface area contributed by atoms with Crippen LogP contribution in [-0.4, -0.2) is 27.9 Å². The molecule has 6 nitrogen and oxygen atoms in total. The molecule has 1 aliphatic heterocycles. The Hall–Kier alpha value is -1.76.